The molecule has 0 bridgehead atoms. The van der Waals surface area contributed by atoms with Gasteiger partial charge in [-0.2, -0.15) is 0 Å². The Kier molecular flexibility index (Phi) is 4.27. The van der Waals surface area contributed by atoms with Gasteiger partial charge in [0.2, 0.25) is 5.91 Å². The van der Waals surface area contributed by atoms with Crippen LogP contribution in [0.5, 0.6) is 5.75 Å². The fraction of sp³-hybridized carbons (Fsp3) is 0.500. The topological polar surface area (TPSA) is 67.6 Å². The highest BCUT2D eigenvalue weighted by molar-refractivity contribution is 5.93. The van der Waals surface area contributed by atoms with Gasteiger partial charge in [0.1, 0.15) is 5.75 Å². The van der Waals surface area contributed by atoms with Gasteiger partial charge in [-0.3, -0.25) is 4.79 Å². The highest BCUT2D eigenvalue weighted by Gasteiger charge is 2.23. The molecule has 0 radical (unpaired) electrons. The Morgan fingerprint density at radius 3 is 2.68 bits per heavy atom. The maximum atomic E-state index is 12.1. The van der Waals surface area contributed by atoms with Crippen LogP contribution < -0.4 is 15.8 Å². The molecule has 0 unspecified atom stereocenters. The molecule has 1 heterocycles. The lowest BCUT2D eigenvalue weighted by Gasteiger charge is -2.28. The van der Waals surface area contributed by atoms with E-state index in [1.165, 1.54) is 0 Å². The summed E-state index contributed by atoms with van der Waals surface area (Å²) in [5, 5.41) is 2.93. The molecular weight excluding hydrogens is 242 g/mol. The van der Waals surface area contributed by atoms with E-state index in [2.05, 4.69) is 17.3 Å². The van der Waals surface area contributed by atoms with E-state index in [4.69, 9.17) is 10.5 Å². The van der Waals surface area contributed by atoms with Crippen molar-refractivity contribution < 1.29 is 9.53 Å². The van der Waals surface area contributed by atoms with E-state index in [-0.39, 0.29) is 11.8 Å². The number of rotatable bonds is 3. The summed E-state index contributed by atoms with van der Waals surface area (Å²) >= 11 is 0. The van der Waals surface area contributed by atoms with Crippen molar-refractivity contribution in [2.75, 3.05) is 38.3 Å². The summed E-state index contributed by atoms with van der Waals surface area (Å²) in [7, 11) is 3.65. The van der Waals surface area contributed by atoms with E-state index in [9.17, 15) is 4.79 Å². The molecular formula is C14H21N3O2. The lowest BCUT2D eigenvalue weighted by molar-refractivity contribution is -0.121. The smallest absolute Gasteiger partial charge is 0.227 e. The van der Waals surface area contributed by atoms with Gasteiger partial charge in [0.05, 0.1) is 12.8 Å². The largest absolute Gasteiger partial charge is 0.495 e. The molecule has 1 aliphatic heterocycles. The van der Waals surface area contributed by atoms with Crippen LogP contribution in [0.4, 0.5) is 11.4 Å². The molecule has 2 rings (SSSR count). The van der Waals surface area contributed by atoms with E-state index in [0.717, 1.165) is 31.6 Å². The number of carbonyl (C=O) groups excluding carboxylic acids is 1. The van der Waals surface area contributed by atoms with Crippen molar-refractivity contribution in [1.29, 1.82) is 0 Å². The molecule has 1 fully saturated rings. The average Bonchev–Trinajstić information content (AvgIpc) is 2.39. The second-order valence-corrected chi connectivity index (χ2v) is 5.02. The number of nitrogens with one attached hydrogen (secondary N) is 1. The number of likely N-dealkylation sites (tertiary alicyclic amines) is 1. The van der Waals surface area contributed by atoms with Crippen LogP contribution in [0.2, 0.25) is 0 Å². The number of hydrogen-bond acceptors (Lipinski definition) is 4. The molecule has 0 atom stereocenters. The predicted octanol–water partition coefficient (Wildman–Crippen LogP) is 1.56. The van der Waals surface area contributed by atoms with Crippen molar-refractivity contribution in [2.24, 2.45) is 5.92 Å². The zero-order valence-corrected chi connectivity index (χ0v) is 11.5. The van der Waals surface area contributed by atoms with Gasteiger partial charge >= 0.3 is 0 Å². The molecule has 0 spiro atoms. The first-order valence-electron chi connectivity index (χ1n) is 6.53. The Labute approximate surface area is 113 Å². The molecule has 1 aliphatic rings. The molecule has 1 aromatic rings. The monoisotopic (exact) mass is 263 g/mol. The summed E-state index contributed by atoms with van der Waals surface area (Å²) in [6.45, 7) is 1.95. The lowest BCUT2D eigenvalue weighted by atomic mass is 9.96. The summed E-state index contributed by atoms with van der Waals surface area (Å²) in [5.74, 6) is 0.800. The molecule has 19 heavy (non-hydrogen) atoms. The van der Waals surface area contributed by atoms with Gasteiger partial charge < -0.3 is 20.7 Å². The van der Waals surface area contributed by atoms with Gasteiger partial charge in [-0.15, -0.1) is 0 Å². The number of benzene rings is 1. The van der Waals surface area contributed by atoms with Crippen molar-refractivity contribution in [3.63, 3.8) is 0 Å². The third kappa shape index (κ3) is 3.38. The van der Waals surface area contributed by atoms with Crippen molar-refractivity contribution in [3.8, 4) is 5.75 Å². The normalized spacial score (nSPS) is 17.2. The van der Waals surface area contributed by atoms with E-state index < -0.39 is 0 Å². The van der Waals surface area contributed by atoms with Crippen LogP contribution in [0.1, 0.15) is 12.8 Å². The van der Waals surface area contributed by atoms with E-state index in [0.29, 0.717) is 11.4 Å². The van der Waals surface area contributed by atoms with Gasteiger partial charge in [0.15, 0.2) is 0 Å². The Balaban J connectivity index is 1.97. The molecule has 1 saturated heterocycles. The van der Waals surface area contributed by atoms with Crippen LogP contribution in [-0.2, 0) is 4.79 Å². The second kappa shape index (κ2) is 5.93. The minimum atomic E-state index is 0.0812. The molecule has 5 nitrogen and oxygen atoms in total. The highest BCUT2D eigenvalue weighted by Crippen LogP contribution is 2.25. The number of nitrogens with zero attached hydrogens (tertiary/aromatic N) is 1. The van der Waals surface area contributed by atoms with Crippen molar-refractivity contribution in [1.82, 2.24) is 4.90 Å². The number of methoxy groups -OCH3 is 1. The molecule has 104 valence electrons. The lowest BCUT2D eigenvalue weighted by Crippen LogP contribution is -2.35. The molecule has 0 saturated carbocycles. The number of nitrogen functional groups attached to an aromatic ring is 1. The maximum absolute atomic E-state index is 12.1. The summed E-state index contributed by atoms with van der Waals surface area (Å²) in [4.78, 5) is 14.4. The minimum Gasteiger partial charge on any atom is -0.495 e. The van der Waals surface area contributed by atoms with E-state index in [1.807, 2.05) is 6.07 Å². The van der Waals surface area contributed by atoms with Gasteiger partial charge in [-0.1, -0.05) is 0 Å². The van der Waals surface area contributed by atoms with Crippen LogP contribution >= 0.6 is 0 Å². The molecule has 5 heteroatoms. The van der Waals surface area contributed by atoms with Crippen LogP contribution in [0.3, 0.4) is 0 Å². The Hall–Kier alpha value is -1.75. The van der Waals surface area contributed by atoms with Crippen LogP contribution in [-0.4, -0.2) is 38.1 Å². The minimum absolute atomic E-state index is 0.0812. The Morgan fingerprint density at radius 1 is 1.42 bits per heavy atom. The SMILES string of the molecule is COc1ccc(NC(=O)C2CCN(C)CC2)cc1N. The predicted molar refractivity (Wildman–Crippen MR) is 76.3 cm³/mol. The Morgan fingerprint density at radius 2 is 2.11 bits per heavy atom. The molecule has 0 aliphatic carbocycles. The summed E-state index contributed by atoms with van der Waals surface area (Å²) < 4.78 is 5.09. The molecule has 1 amide bonds. The first-order chi connectivity index (χ1) is 9.10. The fourth-order valence-electron chi connectivity index (χ4n) is 2.33. The molecule has 3 N–H and O–H groups in total. The third-order valence-corrected chi connectivity index (χ3v) is 3.59. The van der Waals surface area contributed by atoms with Gasteiger partial charge in [-0.05, 0) is 51.2 Å². The molecule has 0 aromatic heterocycles. The van der Waals surface area contributed by atoms with Crippen molar-refractivity contribution in [2.45, 2.75) is 12.8 Å². The quantitative estimate of drug-likeness (QED) is 0.812. The van der Waals surface area contributed by atoms with Crippen LogP contribution in [0.25, 0.3) is 0 Å². The number of carbonyl (C=O) groups is 1. The van der Waals surface area contributed by atoms with E-state index in [1.54, 1.807) is 19.2 Å². The van der Waals surface area contributed by atoms with Gasteiger partial charge in [0.25, 0.3) is 0 Å². The molecule has 1 aromatic carbocycles. The average molecular weight is 263 g/mol. The van der Waals surface area contributed by atoms with E-state index >= 15 is 0 Å². The first-order valence-corrected chi connectivity index (χ1v) is 6.53. The summed E-state index contributed by atoms with van der Waals surface area (Å²) in [6, 6.07) is 5.30. The fourth-order valence-corrected chi connectivity index (χ4v) is 2.33. The summed E-state index contributed by atoms with van der Waals surface area (Å²) in [5.41, 5.74) is 7.08. The zero-order chi connectivity index (χ0) is 13.8. The van der Waals surface area contributed by atoms with Crippen molar-refractivity contribution >= 4 is 17.3 Å². The second-order valence-electron chi connectivity index (χ2n) is 5.02. The number of anilines is 2. The number of hydrogen-bond donors (Lipinski definition) is 2. The Bertz CT molecular complexity index is 454. The van der Waals surface area contributed by atoms with Crippen LogP contribution in [0.15, 0.2) is 18.2 Å². The number of ether oxygens (including phenoxy) is 1. The zero-order valence-electron chi connectivity index (χ0n) is 11.5. The van der Waals surface area contributed by atoms with Gasteiger partial charge in [-0.25, -0.2) is 0 Å². The summed E-state index contributed by atoms with van der Waals surface area (Å²) in [6.07, 6.45) is 1.82. The van der Waals surface area contributed by atoms with Crippen molar-refractivity contribution in [3.05, 3.63) is 18.2 Å². The first kappa shape index (κ1) is 13.7. The number of amides is 1. The third-order valence-electron chi connectivity index (χ3n) is 3.59. The van der Waals surface area contributed by atoms with Gasteiger partial charge in [0, 0.05) is 11.6 Å². The standard InChI is InChI=1S/C14H21N3O2/c1-17-7-5-10(6-8-17)14(18)16-11-3-4-13(19-2)12(15)9-11/h3-4,9-10H,5-8,15H2,1-2H3,(H,16,18). The highest BCUT2D eigenvalue weighted by atomic mass is 16.5. The number of piperidine rings is 1. The van der Waals surface area contributed by atoms with Crippen LogP contribution in [0, 0.1) is 5.92 Å². The maximum Gasteiger partial charge on any atom is 0.227 e. The number of nitrogens with two attached hydrogens (primary N) is 1.